The lowest BCUT2D eigenvalue weighted by atomic mass is 10.2. The number of phenols is 1. The third-order valence-corrected chi connectivity index (χ3v) is 1.34. The Bertz CT molecular complexity index is 393. The van der Waals surface area contributed by atoms with E-state index in [1.54, 1.807) is 0 Å². The van der Waals surface area contributed by atoms with Gasteiger partial charge >= 0.3 is 6.72 Å². The molecular weight excluding hydrogens is 255 g/mol. The summed E-state index contributed by atoms with van der Waals surface area (Å²) in [6.07, 6.45) is 0.696. The number of methoxy groups -OCH3 is 1. The number of carbonyl (C=O) groups excluding carboxylic acids is 1. The van der Waals surface area contributed by atoms with Gasteiger partial charge in [0.25, 0.3) is 0 Å². The molecule has 0 saturated heterocycles. The maximum atomic E-state index is 10.2. The first kappa shape index (κ1) is 15.0. The molecule has 0 unspecified atom stereocenters. The Balaban J connectivity index is 0.000000385. The largest absolute Gasteiger partial charge is 0.504 e. The highest BCUT2D eigenvalue weighted by Crippen LogP contribution is 2.26. The molecule has 0 spiro atoms. The van der Waals surface area contributed by atoms with Crippen molar-refractivity contribution in [1.82, 2.24) is 0 Å². The number of ether oxygens (including phenoxy) is 1. The second-order valence-corrected chi connectivity index (χ2v) is 5.06. The van der Waals surface area contributed by atoms with E-state index >= 15 is 0 Å². The van der Waals surface area contributed by atoms with Gasteiger partial charge in [0.1, 0.15) is 6.29 Å². The molecule has 0 atom stereocenters. The van der Waals surface area contributed by atoms with Crippen molar-refractivity contribution < 1.29 is 29.3 Å². The number of hydrogen-bond acceptors (Lipinski definition) is 4. The van der Waals surface area contributed by atoms with Crippen LogP contribution in [0, 0.1) is 0 Å². The van der Waals surface area contributed by atoms with Gasteiger partial charge in [-0.1, -0.05) is 0 Å². The van der Waals surface area contributed by atoms with Crippen LogP contribution in [0.4, 0.5) is 0 Å². The van der Waals surface area contributed by atoms with Crippen LogP contribution in [0.3, 0.4) is 0 Å². The number of benzene rings is 1. The van der Waals surface area contributed by atoms with Crippen molar-refractivity contribution in [3.8, 4) is 11.5 Å². The highest BCUT2D eigenvalue weighted by atomic mass is 32.5. The zero-order chi connectivity index (χ0) is 12.8. The SMILES string of the molecule is COc1cc(C=O)ccc1O.OP(O)(O)=S. The molecule has 16 heavy (non-hydrogen) atoms. The molecular formula is C8H11O6PS. The van der Waals surface area contributed by atoms with E-state index in [2.05, 4.69) is 11.8 Å². The smallest absolute Gasteiger partial charge is 0.319 e. The fourth-order valence-electron chi connectivity index (χ4n) is 0.768. The van der Waals surface area contributed by atoms with E-state index < -0.39 is 6.72 Å². The van der Waals surface area contributed by atoms with Gasteiger partial charge in [0.05, 0.1) is 7.11 Å². The van der Waals surface area contributed by atoms with Crippen molar-refractivity contribution in [3.63, 3.8) is 0 Å². The van der Waals surface area contributed by atoms with Crippen molar-refractivity contribution in [2.75, 3.05) is 7.11 Å². The summed E-state index contributed by atoms with van der Waals surface area (Å²) in [5, 5.41) is 9.09. The van der Waals surface area contributed by atoms with E-state index in [4.69, 9.17) is 24.5 Å². The molecule has 4 N–H and O–H groups in total. The number of aromatic hydroxyl groups is 1. The molecule has 0 aliphatic rings. The summed E-state index contributed by atoms with van der Waals surface area (Å²) < 4.78 is 4.78. The van der Waals surface area contributed by atoms with Crippen LogP contribution in [-0.2, 0) is 11.8 Å². The Kier molecular flexibility index (Phi) is 6.17. The molecule has 1 aromatic carbocycles. The monoisotopic (exact) mass is 266 g/mol. The molecule has 0 radical (unpaired) electrons. The zero-order valence-corrected chi connectivity index (χ0v) is 9.98. The highest BCUT2D eigenvalue weighted by molar-refractivity contribution is 8.06. The number of carbonyl (C=O) groups is 1. The third-order valence-electron chi connectivity index (χ3n) is 1.34. The van der Waals surface area contributed by atoms with Gasteiger partial charge in [-0.3, -0.25) is 4.79 Å². The summed E-state index contributed by atoms with van der Waals surface area (Å²) in [4.78, 5) is 32.9. The summed E-state index contributed by atoms with van der Waals surface area (Å²) in [6.45, 7) is -3.81. The van der Waals surface area contributed by atoms with Gasteiger partial charge in [-0.15, -0.1) is 0 Å². The molecule has 0 saturated carbocycles. The molecule has 8 heteroatoms. The second kappa shape index (κ2) is 6.57. The third kappa shape index (κ3) is 7.33. The highest BCUT2D eigenvalue weighted by Gasteiger charge is 2.00. The predicted molar refractivity (Wildman–Crippen MR) is 61.0 cm³/mol. The number of rotatable bonds is 2. The molecule has 0 heterocycles. The lowest BCUT2D eigenvalue weighted by Gasteiger charge is -2.01. The molecule has 0 fully saturated rings. The van der Waals surface area contributed by atoms with E-state index in [-0.39, 0.29) is 5.75 Å². The van der Waals surface area contributed by atoms with Gasteiger partial charge in [-0.05, 0) is 30.0 Å². The van der Waals surface area contributed by atoms with Crippen molar-refractivity contribution in [1.29, 1.82) is 0 Å². The minimum atomic E-state index is -3.81. The number of hydrogen-bond donors (Lipinski definition) is 4. The maximum Gasteiger partial charge on any atom is 0.319 e. The fraction of sp³-hybridized carbons (Fsp3) is 0.125. The molecule has 1 aromatic rings. The van der Waals surface area contributed by atoms with Crippen LogP contribution in [-0.4, -0.2) is 33.2 Å². The quantitative estimate of drug-likeness (QED) is 0.453. The fourth-order valence-corrected chi connectivity index (χ4v) is 0.768. The second-order valence-electron chi connectivity index (χ2n) is 2.56. The Labute approximate surface area is 97.0 Å². The first-order valence-corrected chi connectivity index (χ1v) is 6.54. The molecule has 0 bridgehead atoms. The van der Waals surface area contributed by atoms with Gasteiger partial charge in [-0.25, -0.2) is 0 Å². The first-order valence-electron chi connectivity index (χ1n) is 3.88. The standard InChI is InChI=1S/C8H8O3.H3O3PS/c1-11-8-4-6(5-9)2-3-7(8)10;1-4(2,3)5/h2-5,10H,1H3;(H3,1,2,3,5). The summed E-state index contributed by atoms with van der Waals surface area (Å²) in [7, 11) is 1.43. The van der Waals surface area contributed by atoms with E-state index in [0.29, 0.717) is 17.6 Å². The van der Waals surface area contributed by atoms with Gasteiger partial charge in [-0.2, -0.15) is 0 Å². The van der Waals surface area contributed by atoms with Crippen LogP contribution in [0.2, 0.25) is 0 Å². The van der Waals surface area contributed by atoms with E-state index in [1.807, 2.05) is 0 Å². The van der Waals surface area contributed by atoms with Gasteiger partial charge in [0.2, 0.25) is 0 Å². The van der Waals surface area contributed by atoms with E-state index in [0.717, 1.165) is 0 Å². The van der Waals surface area contributed by atoms with Gasteiger partial charge < -0.3 is 24.5 Å². The first-order chi connectivity index (χ1) is 7.27. The summed E-state index contributed by atoms with van der Waals surface area (Å²) in [6, 6.07) is 4.41. The Morgan fingerprint density at radius 1 is 1.38 bits per heavy atom. The molecule has 1 rings (SSSR count). The predicted octanol–water partition coefficient (Wildman–Crippen LogP) is 0.401. The van der Waals surface area contributed by atoms with Crippen LogP contribution in [0.25, 0.3) is 0 Å². The molecule has 0 aliphatic heterocycles. The molecule has 0 aromatic heterocycles. The van der Waals surface area contributed by atoms with Crippen molar-refractivity contribution in [3.05, 3.63) is 23.8 Å². The lowest BCUT2D eigenvalue weighted by molar-refractivity contribution is 0.112. The van der Waals surface area contributed by atoms with Crippen LogP contribution < -0.4 is 4.74 Å². The Hall–Kier alpha value is -0.980. The minimum absolute atomic E-state index is 0.0399. The summed E-state index contributed by atoms with van der Waals surface area (Å²) >= 11 is 3.60. The molecule has 0 aliphatic carbocycles. The van der Waals surface area contributed by atoms with Gasteiger partial charge in [0, 0.05) is 5.56 Å². The van der Waals surface area contributed by atoms with E-state index in [9.17, 15) is 4.79 Å². The summed E-state index contributed by atoms with van der Waals surface area (Å²) in [5.74, 6) is 0.354. The molecule has 6 nitrogen and oxygen atoms in total. The van der Waals surface area contributed by atoms with Crippen molar-refractivity contribution >= 4 is 24.8 Å². The molecule has 90 valence electrons. The Morgan fingerprint density at radius 2 is 1.88 bits per heavy atom. The lowest BCUT2D eigenvalue weighted by Crippen LogP contribution is -1.85. The normalized spacial score (nSPS) is 10.0. The van der Waals surface area contributed by atoms with Crippen molar-refractivity contribution in [2.45, 2.75) is 0 Å². The average Bonchev–Trinajstić information content (AvgIpc) is 2.16. The zero-order valence-electron chi connectivity index (χ0n) is 8.27. The van der Waals surface area contributed by atoms with E-state index in [1.165, 1.54) is 25.3 Å². The Morgan fingerprint density at radius 3 is 2.25 bits per heavy atom. The van der Waals surface area contributed by atoms with Crippen LogP contribution in [0.5, 0.6) is 11.5 Å². The van der Waals surface area contributed by atoms with Crippen LogP contribution in [0.15, 0.2) is 18.2 Å². The minimum Gasteiger partial charge on any atom is -0.504 e. The summed E-state index contributed by atoms with van der Waals surface area (Å²) in [5.41, 5.74) is 0.486. The average molecular weight is 266 g/mol. The van der Waals surface area contributed by atoms with Crippen LogP contribution >= 0.6 is 6.72 Å². The maximum absolute atomic E-state index is 10.2. The van der Waals surface area contributed by atoms with Gasteiger partial charge in [0.15, 0.2) is 11.5 Å². The number of aldehydes is 1. The number of phenolic OH excluding ortho intramolecular Hbond substituents is 1. The van der Waals surface area contributed by atoms with Crippen LogP contribution in [0.1, 0.15) is 10.4 Å². The topological polar surface area (TPSA) is 107 Å². The molecule has 0 amide bonds. The van der Waals surface area contributed by atoms with Crippen molar-refractivity contribution in [2.24, 2.45) is 0 Å².